The number of carbonyl (C=O) groups excluding carboxylic acids is 1. The topological polar surface area (TPSA) is 68.5 Å². The average Bonchev–Trinajstić information content (AvgIpc) is 3.15. The van der Waals surface area contributed by atoms with Crippen LogP contribution in [0.25, 0.3) is 11.4 Å². The first kappa shape index (κ1) is 17.5. The fraction of sp³-hybridized carbons (Fsp3) is 0.526. The lowest BCUT2D eigenvalue weighted by molar-refractivity contribution is -0.137. The zero-order valence-corrected chi connectivity index (χ0v) is 14.9. The molecule has 0 unspecified atom stereocenters. The Labute approximate surface area is 148 Å². The van der Waals surface area contributed by atoms with E-state index in [2.05, 4.69) is 10.1 Å². The van der Waals surface area contributed by atoms with Gasteiger partial charge in [-0.25, -0.2) is 0 Å². The Morgan fingerprint density at radius 1 is 1.24 bits per heavy atom. The summed E-state index contributed by atoms with van der Waals surface area (Å²) in [6, 6.07) is 7.49. The van der Waals surface area contributed by atoms with Gasteiger partial charge in [-0.2, -0.15) is 4.98 Å². The predicted octanol–water partition coefficient (Wildman–Crippen LogP) is 3.67. The molecule has 0 aliphatic heterocycles. The van der Waals surface area contributed by atoms with Crippen molar-refractivity contribution >= 4 is 5.91 Å². The van der Waals surface area contributed by atoms with E-state index in [0.717, 1.165) is 37.0 Å². The summed E-state index contributed by atoms with van der Waals surface area (Å²) in [6.07, 6.45) is 5.53. The molecule has 25 heavy (non-hydrogen) atoms. The first-order valence-corrected chi connectivity index (χ1v) is 8.97. The van der Waals surface area contributed by atoms with Gasteiger partial charge in [0.15, 0.2) is 0 Å². The summed E-state index contributed by atoms with van der Waals surface area (Å²) in [6.45, 7) is 3.01. The molecule has 0 atom stereocenters. The minimum absolute atomic E-state index is 0.151. The van der Waals surface area contributed by atoms with E-state index in [0.29, 0.717) is 24.8 Å². The fourth-order valence-corrected chi connectivity index (χ4v) is 3.29. The summed E-state index contributed by atoms with van der Waals surface area (Å²) in [5, 5.41) is 4.04. The van der Waals surface area contributed by atoms with Crippen molar-refractivity contribution in [3.05, 3.63) is 30.2 Å². The van der Waals surface area contributed by atoms with E-state index in [4.69, 9.17) is 9.26 Å². The van der Waals surface area contributed by atoms with Crippen LogP contribution in [0.2, 0.25) is 0 Å². The van der Waals surface area contributed by atoms with Crippen LogP contribution in [0.1, 0.15) is 44.9 Å². The first-order chi connectivity index (χ1) is 12.2. The van der Waals surface area contributed by atoms with Gasteiger partial charge in [-0.1, -0.05) is 24.4 Å². The maximum atomic E-state index is 12.7. The third-order valence-electron chi connectivity index (χ3n) is 4.79. The van der Waals surface area contributed by atoms with Crippen molar-refractivity contribution in [2.45, 2.75) is 45.6 Å². The largest absolute Gasteiger partial charge is 0.497 e. The lowest BCUT2D eigenvalue weighted by Gasteiger charge is -2.27. The Bertz CT molecular complexity index is 690. The minimum atomic E-state index is 0.151. The Kier molecular flexibility index (Phi) is 5.68. The Hall–Kier alpha value is -2.37. The predicted molar refractivity (Wildman–Crippen MR) is 94.0 cm³/mol. The second kappa shape index (κ2) is 8.14. The third kappa shape index (κ3) is 4.18. The molecule has 1 amide bonds. The Balaban J connectivity index is 1.67. The van der Waals surface area contributed by atoms with Gasteiger partial charge >= 0.3 is 0 Å². The maximum Gasteiger partial charge on any atom is 0.246 e. The smallest absolute Gasteiger partial charge is 0.246 e. The summed E-state index contributed by atoms with van der Waals surface area (Å²) in [4.78, 5) is 19.0. The highest BCUT2D eigenvalue weighted by atomic mass is 16.5. The number of aromatic nitrogens is 2. The van der Waals surface area contributed by atoms with Crippen molar-refractivity contribution < 1.29 is 14.1 Å². The van der Waals surface area contributed by atoms with Crippen LogP contribution >= 0.6 is 0 Å². The quantitative estimate of drug-likeness (QED) is 0.800. The van der Waals surface area contributed by atoms with Crippen molar-refractivity contribution in [1.29, 1.82) is 0 Å². The molecule has 1 saturated carbocycles. The van der Waals surface area contributed by atoms with E-state index in [1.807, 2.05) is 36.1 Å². The van der Waals surface area contributed by atoms with E-state index in [1.54, 1.807) is 7.11 Å². The van der Waals surface area contributed by atoms with Crippen LogP contribution in [0.3, 0.4) is 0 Å². The molecule has 6 heteroatoms. The van der Waals surface area contributed by atoms with E-state index in [1.165, 1.54) is 6.42 Å². The molecule has 6 nitrogen and oxygen atoms in total. The molecule has 1 heterocycles. The lowest BCUT2D eigenvalue weighted by atomic mass is 9.88. The van der Waals surface area contributed by atoms with Gasteiger partial charge in [-0.05, 0) is 44.0 Å². The number of carbonyl (C=O) groups is 1. The number of benzene rings is 1. The second-order valence-corrected chi connectivity index (χ2v) is 6.43. The molecule has 0 N–H and O–H groups in total. The van der Waals surface area contributed by atoms with Crippen LogP contribution < -0.4 is 4.74 Å². The number of hydrogen-bond acceptors (Lipinski definition) is 5. The van der Waals surface area contributed by atoms with Gasteiger partial charge in [0.2, 0.25) is 17.6 Å². The molecule has 1 aromatic heterocycles. The number of nitrogens with zero attached hydrogens (tertiary/aromatic N) is 3. The van der Waals surface area contributed by atoms with Crippen molar-refractivity contribution in [3.8, 4) is 17.1 Å². The zero-order valence-electron chi connectivity index (χ0n) is 14.9. The summed E-state index contributed by atoms with van der Waals surface area (Å²) < 4.78 is 10.5. The van der Waals surface area contributed by atoms with Crippen LogP contribution in [-0.4, -0.2) is 34.6 Å². The van der Waals surface area contributed by atoms with Crippen molar-refractivity contribution in [2.75, 3.05) is 13.7 Å². The summed E-state index contributed by atoms with van der Waals surface area (Å²) >= 11 is 0. The average molecular weight is 343 g/mol. The number of ether oxygens (including phenoxy) is 1. The molecule has 2 aromatic rings. The van der Waals surface area contributed by atoms with E-state index >= 15 is 0 Å². The van der Waals surface area contributed by atoms with Gasteiger partial charge in [0.25, 0.3) is 0 Å². The lowest BCUT2D eigenvalue weighted by Crippen LogP contribution is -2.36. The van der Waals surface area contributed by atoms with Gasteiger partial charge in [-0.3, -0.25) is 4.79 Å². The van der Waals surface area contributed by atoms with E-state index in [-0.39, 0.29) is 11.8 Å². The van der Waals surface area contributed by atoms with Gasteiger partial charge in [0.1, 0.15) is 5.75 Å². The van der Waals surface area contributed by atoms with Crippen LogP contribution in [0, 0.1) is 5.92 Å². The summed E-state index contributed by atoms with van der Waals surface area (Å²) in [5.74, 6) is 2.14. The Morgan fingerprint density at radius 2 is 1.96 bits per heavy atom. The van der Waals surface area contributed by atoms with Crippen LogP contribution in [0.15, 0.2) is 28.8 Å². The van der Waals surface area contributed by atoms with E-state index < -0.39 is 0 Å². The molecule has 0 spiro atoms. The molecule has 3 rings (SSSR count). The van der Waals surface area contributed by atoms with Crippen molar-refractivity contribution in [2.24, 2.45) is 5.92 Å². The molecule has 0 saturated heterocycles. The third-order valence-corrected chi connectivity index (χ3v) is 4.79. The molecule has 0 bridgehead atoms. The number of methoxy groups -OCH3 is 1. The van der Waals surface area contributed by atoms with Crippen molar-refractivity contribution in [3.63, 3.8) is 0 Å². The normalized spacial score (nSPS) is 15.1. The molecule has 1 aromatic carbocycles. The molecule has 0 radical (unpaired) electrons. The van der Waals surface area contributed by atoms with Crippen LogP contribution in [0.5, 0.6) is 5.75 Å². The van der Waals surface area contributed by atoms with Crippen molar-refractivity contribution in [1.82, 2.24) is 15.0 Å². The standard InChI is InChI=1S/C19H25N3O3/c1-3-22(19(23)15-7-5-4-6-8-15)13-17-20-18(21-25-17)14-9-11-16(24-2)12-10-14/h9-12,15H,3-8,13H2,1-2H3. The number of rotatable bonds is 6. The number of hydrogen-bond donors (Lipinski definition) is 0. The first-order valence-electron chi connectivity index (χ1n) is 8.97. The maximum absolute atomic E-state index is 12.7. The molecule has 1 fully saturated rings. The van der Waals surface area contributed by atoms with Crippen LogP contribution in [0.4, 0.5) is 0 Å². The zero-order chi connectivity index (χ0) is 17.6. The Morgan fingerprint density at radius 3 is 2.60 bits per heavy atom. The highest BCUT2D eigenvalue weighted by molar-refractivity contribution is 5.78. The summed E-state index contributed by atoms with van der Waals surface area (Å²) in [7, 11) is 1.63. The SMILES string of the molecule is CCN(Cc1nc(-c2ccc(OC)cc2)no1)C(=O)C1CCCCC1. The molecular formula is C19H25N3O3. The summed E-state index contributed by atoms with van der Waals surface area (Å²) in [5.41, 5.74) is 0.859. The molecule has 134 valence electrons. The van der Waals surface area contributed by atoms with Gasteiger partial charge in [0, 0.05) is 18.0 Å². The molecular weight excluding hydrogens is 318 g/mol. The van der Waals surface area contributed by atoms with E-state index in [9.17, 15) is 4.79 Å². The number of amides is 1. The van der Waals surface area contributed by atoms with Gasteiger partial charge < -0.3 is 14.2 Å². The molecule has 1 aliphatic carbocycles. The second-order valence-electron chi connectivity index (χ2n) is 6.43. The van der Waals surface area contributed by atoms with Gasteiger partial charge in [0.05, 0.1) is 13.7 Å². The highest BCUT2D eigenvalue weighted by Gasteiger charge is 2.26. The fourth-order valence-electron chi connectivity index (χ4n) is 3.29. The van der Waals surface area contributed by atoms with Crippen LogP contribution in [-0.2, 0) is 11.3 Å². The van der Waals surface area contributed by atoms with Gasteiger partial charge in [-0.15, -0.1) is 0 Å². The molecule has 1 aliphatic rings. The monoisotopic (exact) mass is 343 g/mol. The minimum Gasteiger partial charge on any atom is -0.497 e. The highest BCUT2D eigenvalue weighted by Crippen LogP contribution is 2.26.